The first-order valence-corrected chi connectivity index (χ1v) is 8.59. The second-order valence-electron chi connectivity index (χ2n) is 8.16. The molecule has 0 saturated carbocycles. The van der Waals surface area contributed by atoms with Crippen molar-refractivity contribution >= 4 is 12.1 Å². The lowest BCUT2D eigenvalue weighted by molar-refractivity contribution is -0.154. The minimum absolute atomic E-state index is 0.159. The van der Waals surface area contributed by atoms with Gasteiger partial charge in [0.15, 0.2) is 0 Å². The summed E-state index contributed by atoms with van der Waals surface area (Å²) in [5, 5.41) is 10.0. The molecule has 0 heterocycles. The molecule has 0 aromatic heterocycles. The fourth-order valence-corrected chi connectivity index (χ4v) is 2.97. The Bertz CT molecular complexity index is 386. The van der Waals surface area contributed by atoms with Gasteiger partial charge in [0.2, 0.25) is 0 Å². The lowest BCUT2D eigenvalue weighted by atomic mass is 9.80. The van der Waals surface area contributed by atoms with Gasteiger partial charge in [0.05, 0.1) is 0 Å². The molecule has 0 aliphatic heterocycles. The Hall–Kier alpha value is -1.26. The predicted molar refractivity (Wildman–Crippen MR) is 92.5 cm³/mol. The standard InChI is InChI=1S/C18H35NO4/c1-9-10-19(16(22)23-17(6,7)8)18(15(20)21,11-13(2)3)12-14(4)5/h13-14H,9-12H2,1-8H3,(H,20,21). The van der Waals surface area contributed by atoms with Crippen molar-refractivity contribution in [1.82, 2.24) is 4.90 Å². The van der Waals surface area contributed by atoms with E-state index in [1.807, 2.05) is 34.6 Å². The van der Waals surface area contributed by atoms with Gasteiger partial charge in [-0.1, -0.05) is 34.6 Å². The number of amides is 1. The molecule has 0 aromatic rings. The van der Waals surface area contributed by atoms with Crippen molar-refractivity contribution in [3.8, 4) is 0 Å². The monoisotopic (exact) mass is 329 g/mol. The SMILES string of the molecule is CCCN(C(=O)OC(C)(C)C)C(CC(C)C)(CC(C)C)C(=O)O. The summed E-state index contributed by atoms with van der Waals surface area (Å²) in [6, 6.07) is 0. The fraction of sp³-hybridized carbons (Fsp3) is 0.889. The number of carboxylic acids is 1. The normalized spacial score (nSPS) is 12.6. The Labute approximate surface area is 141 Å². The molecule has 0 rings (SSSR count). The highest BCUT2D eigenvalue weighted by Gasteiger charge is 2.48. The van der Waals surface area contributed by atoms with E-state index in [4.69, 9.17) is 4.74 Å². The molecular weight excluding hydrogens is 294 g/mol. The molecule has 136 valence electrons. The quantitative estimate of drug-likeness (QED) is 0.709. The number of hydrogen-bond donors (Lipinski definition) is 1. The maximum Gasteiger partial charge on any atom is 0.411 e. The second-order valence-corrected chi connectivity index (χ2v) is 8.16. The van der Waals surface area contributed by atoms with E-state index >= 15 is 0 Å². The van der Waals surface area contributed by atoms with Crippen molar-refractivity contribution in [1.29, 1.82) is 0 Å². The van der Waals surface area contributed by atoms with Gasteiger partial charge in [0, 0.05) is 6.54 Å². The zero-order valence-electron chi connectivity index (χ0n) is 16.1. The Morgan fingerprint density at radius 2 is 1.48 bits per heavy atom. The third kappa shape index (κ3) is 6.80. The number of rotatable bonds is 8. The van der Waals surface area contributed by atoms with E-state index in [1.54, 1.807) is 20.8 Å². The van der Waals surface area contributed by atoms with E-state index in [-0.39, 0.29) is 11.8 Å². The first kappa shape index (κ1) is 21.7. The molecule has 1 amide bonds. The Morgan fingerprint density at radius 1 is 1.04 bits per heavy atom. The summed E-state index contributed by atoms with van der Waals surface area (Å²) in [4.78, 5) is 26.4. The highest BCUT2D eigenvalue weighted by molar-refractivity contribution is 5.84. The summed E-state index contributed by atoms with van der Waals surface area (Å²) in [5.74, 6) is -0.627. The highest BCUT2D eigenvalue weighted by Crippen LogP contribution is 2.33. The number of ether oxygens (including phenoxy) is 1. The van der Waals surface area contributed by atoms with Gasteiger partial charge in [-0.2, -0.15) is 0 Å². The van der Waals surface area contributed by atoms with Crippen molar-refractivity contribution in [2.24, 2.45) is 11.8 Å². The zero-order valence-corrected chi connectivity index (χ0v) is 16.1. The van der Waals surface area contributed by atoms with Crippen LogP contribution in [0.1, 0.15) is 74.7 Å². The Balaban J connectivity index is 5.88. The van der Waals surface area contributed by atoms with Crippen molar-refractivity contribution in [2.45, 2.75) is 85.8 Å². The van der Waals surface area contributed by atoms with E-state index in [0.717, 1.165) is 0 Å². The van der Waals surface area contributed by atoms with Crippen LogP contribution in [0, 0.1) is 11.8 Å². The zero-order chi connectivity index (χ0) is 18.4. The van der Waals surface area contributed by atoms with Gasteiger partial charge in [0.1, 0.15) is 11.1 Å². The molecule has 0 radical (unpaired) electrons. The molecule has 5 nitrogen and oxygen atoms in total. The molecule has 5 heteroatoms. The second kappa shape index (κ2) is 8.55. The molecule has 0 fully saturated rings. The van der Waals surface area contributed by atoms with Gasteiger partial charge in [-0.05, 0) is 51.9 Å². The predicted octanol–water partition coefficient (Wildman–Crippen LogP) is 4.55. The average Bonchev–Trinajstić information content (AvgIpc) is 2.31. The Morgan fingerprint density at radius 3 is 1.74 bits per heavy atom. The van der Waals surface area contributed by atoms with E-state index in [1.165, 1.54) is 4.90 Å². The summed E-state index contributed by atoms with van der Waals surface area (Å²) in [7, 11) is 0. The Kier molecular flexibility index (Phi) is 8.08. The highest BCUT2D eigenvalue weighted by atomic mass is 16.6. The topological polar surface area (TPSA) is 66.8 Å². The third-order valence-electron chi connectivity index (χ3n) is 3.47. The van der Waals surface area contributed by atoms with Gasteiger partial charge >= 0.3 is 12.1 Å². The number of hydrogen-bond acceptors (Lipinski definition) is 3. The number of carbonyl (C=O) groups is 2. The van der Waals surface area contributed by atoms with Crippen molar-refractivity contribution in [3.63, 3.8) is 0 Å². The van der Waals surface area contributed by atoms with Gasteiger partial charge in [0.25, 0.3) is 0 Å². The minimum Gasteiger partial charge on any atom is -0.479 e. The molecule has 0 aliphatic rings. The van der Waals surface area contributed by atoms with Crippen LogP contribution in [0.3, 0.4) is 0 Å². The van der Waals surface area contributed by atoms with Crippen molar-refractivity contribution in [3.05, 3.63) is 0 Å². The lowest BCUT2D eigenvalue weighted by Crippen LogP contribution is -2.59. The van der Waals surface area contributed by atoms with E-state index in [9.17, 15) is 14.7 Å². The van der Waals surface area contributed by atoms with Crippen LogP contribution in [0.2, 0.25) is 0 Å². The van der Waals surface area contributed by atoms with E-state index in [0.29, 0.717) is 25.8 Å². The van der Waals surface area contributed by atoms with Crippen LogP contribution in [-0.2, 0) is 9.53 Å². The van der Waals surface area contributed by atoms with Crippen molar-refractivity contribution < 1.29 is 19.4 Å². The van der Waals surface area contributed by atoms with Crippen LogP contribution >= 0.6 is 0 Å². The summed E-state index contributed by atoms with van der Waals surface area (Å²) < 4.78 is 5.50. The van der Waals surface area contributed by atoms with Crippen LogP contribution in [0.4, 0.5) is 4.79 Å². The van der Waals surface area contributed by atoms with Gasteiger partial charge in [-0.15, -0.1) is 0 Å². The molecule has 0 saturated heterocycles. The summed E-state index contributed by atoms with van der Waals surface area (Å²) in [6.45, 7) is 15.6. The van der Waals surface area contributed by atoms with Crippen LogP contribution in [0.15, 0.2) is 0 Å². The molecular formula is C18H35NO4. The van der Waals surface area contributed by atoms with Crippen molar-refractivity contribution in [2.75, 3.05) is 6.54 Å². The molecule has 23 heavy (non-hydrogen) atoms. The summed E-state index contributed by atoms with van der Waals surface area (Å²) >= 11 is 0. The smallest absolute Gasteiger partial charge is 0.411 e. The molecule has 1 N–H and O–H groups in total. The van der Waals surface area contributed by atoms with E-state index < -0.39 is 23.2 Å². The molecule has 0 unspecified atom stereocenters. The van der Waals surface area contributed by atoms with Crippen LogP contribution in [-0.4, -0.2) is 39.8 Å². The maximum atomic E-state index is 12.7. The lowest BCUT2D eigenvalue weighted by Gasteiger charge is -2.43. The molecule has 0 spiro atoms. The number of carbonyl (C=O) groups excluding carboxylic acids is 1. The fourth-order valence-electron chi connectivity index (χ4n) is 2.97. The van der Waals surface area contributed by atoms with Gasteiger partial charge in [-0.3, -0.25) is 4.90 Å². The average molecular weight is 329 g/mol. The molecule has 0 atom stereocenters. The molecule has 0 bridgehead atoms. The third-order valence-corrected chi connectivity index (χ3v) is 3.47. The first-order valence-electron chi connectivity index (χ1n) is 8.59. The van der Waals surface area contributed by atoms with Gasteiger partial charge < -0.3 is 9.84 Å². The summed E-state index contributed by atoms with van der Waals surface area (Å²) in [5.41, 5.74) is -1.87. The maximum absolute atomic E-state index is 12.7. The number of nitrogens with zero attached hydrogens (tertiary/aromatic N) is 1. The van der Waals surface area contributed by atoms with E-state index in [2.05, 4.69) is 0 Å². The van der Waals surface area contributed by atoms with Crippen LogP contribution in [0.5, 0.6) is 0 Å². The first-order chi connectivity index (χ1) is 10.4. The minimum atomic E-state index is -1.22. The molecule has 0 aromatic carbocycles. The number of aliphatic carboxylic acids is 1. The largest absolute Gasteiger partial charge is 0.479 e. The number of carboxylic acid groups (broad SMARTS) is 1. The summed E-state index contributed by atoms with van der Waals surface area (Å²) in [6.07, 6.45) is 0.979. The van der Waals surface area contributed by atoms with Crippen LogP contribution < -0.4 is 0 Å². The molecule has 0 aliphatic carbocycles. The van der Waals surface area contributed by atoms with Gasteiger partial charge in [-0.25, -0.2) is 9.59 Å². The van der Waals surface area contributed by atoms with Crippen LogP contribution in [0.25, 0.3) is 0 Å².